The maximum atomic E-state index is 4.60. The third-order valence-electron chi connectivity index (χ3n) is 0. The van der Waals surface area contributed by atoms with E-state index in [-0.39, 0.29) is 20.3 Å². The van der Waals surface area contributed by atoms with E-state index in [0.717, 1.165) is 0 Å². The largest absolute Gasteiger partial charge is 1.00 e. The zero-order valence-electron chi connectivity index (χ0n) is 4.08. The molecule has 0 bridgehead atoms. The third kappa shape index (κ3) is 117. The van der Waals surface area contributed by atoms with Crippen molar-refractivity contribution in [2.24, 2.45) is 0 Å². The summed E-state index contributed by atoms with van der Waals surface area (Å²) in [5.41, 5.74) is 0. The second-order valence-electron chi connectivity index (χ2n) is 0.289. The first-order valence-corrected chi connectivity index (χ1v) is 0.789. The smallest absolute Gasteiger partial charge is 1.00 e. The van der Waals surface area contributed by atoms with Gasteiger partial charge >= 0.3 is 18.9 Å². The van der Waals surface area contributed by atoms with Crippen molar-refractivity contribution in [3.63, 3.8) is 0 Å². The Morgan fingerprint density at radius 1 is 2.00 bits per heavy atom. The van der Waals surface area contributed by atoms with Gasteiger partial charge in [0, 0.05) is 0 Å². The molecule has 0 fully saturated rings. The summed E-state index contributed by atoms with van der Waals surface area (Å²) in [4.78, 5) is 0. The first kappa shape index (κ1) is 8.90. The second kappa shape index (κ2) is 11.0. The van der Waals surface area contributed by atoms with Crippen LogP contribution in [0.5, 0.6) is 0 Å². The number of hydrogen-bond acceptors (Lipinski definition) is 0. The molecule has 0 saturated carbocycles. The minimum Gasteiger partial charge on any atom is -1.00 e. The molecule has 4 heavy (non-hydrogen) atoms. The molecule has 0 saturated heterocycles. The minimum absolute atomic E-state index is 0. The van der Waals surface area contributed by atoms with Crippen LogP contribution in [0.15, 0.2) is 0 Å². The van der Waals surface area contributed by atoms with Crippen LogP contribution in [0.3, 0.4) is 0 Å². The fourth-order valence-corrected chi connectivity index (χ4v) is 0. The van der Waals surface area contributed by atoms with Crippen LogP contribution < -0.4 is 18.9 Å². The number of terminal acetylenes is 1. The summed E-state index contributed by atoms with van der Waals surface area (Å²) in [6.45, 7) is 1.65. The van der Waals surface area contributed by atoms with Crippen LogP contribution in [0.25, 0.3) is 0 Å². The summed E-state index contributed by atoms with van der Waals surface area (Å²) in [5.74, 6) is 2.25. The van der Waals surface area contributed by atoms with Gasteiger partial charge in [-0.2, -0.15) is 0 Å². The molecule has 0 atom stereocenters. The number of hydrogen-bond donors (Lipinski definition) is 0. The molecule has 0 spiro atoms. The Bertz CT molecular complexity index is 28.4. The quantitative estimate of drug-likeness (QED) is 0.214. The Morgan fingerprint density at radius 3 is 2.00 bits per heavy atom. The molecule has 0 nitrogen and oxygen atoms in total. The minimum atomic E-state index is 0. The number of rotatable bonds is 0. The molecule has 1 heteroatoms. The van der Waals surface area contributed by atoms with E-state index in [4.69, 9.17) is 0 Å². The van der Waals surface area contributed by atoms with Gasteiger partial charge in [0.1, 0.15) is 0 Å². The molecule has 0 aromatic carbocycles. The van der Waals surface area contributed by atoms with E-state index < -0.39 is 0 Å². The molecule has 0 aliphatic heterocycles. The molecule has 0 aromatic heterocycles. The van der Waals surface area contributed by atoms with Crippen LogP contribution in [-0.4, -0.2) is 0 Å². The van der Waals surface area contributed by atoms with Gasteiger partial charge in [-0.3, -0.25) is 0 Å². The van der Waals surface area contributed by atoms with E-state index in [1.54, 1.807) is 6.92 Å². The zero-order chi connectivity index (χ0) is 2.71. The SMILES string of the molecule is C#CC.[H-].[Li+]. The molecule has 0 aliphatic rings. The molecule has 18 valence electrons. The molecule has 0 aromatic rings. The van der Waals surface area contributed by atoms with Crippen LogP contribution in [0.1, 0.15) is 8.35 Å². The van der Waals surface area contributed by atoms with Crippen molar-refractivity contribution < 1.29 is 20.3 Å². The second-order valence-corrected chi connectivity index (χ2v) is 0.289. The van der Waals surface area contributed by atoms with E-state index in [1.165, 1.54) is 0 Å². The first-order chi connectivity index (χ1) is 1.41. The van der Waals surface area contributed by atoms with Crippen molar-refractivity contribution in [3.8, 4) is 12.3 Å². The van der Waals surface area contributed by atoms with Crippen LogP contribution in [0.4, 0.5) is 0 Å². The molecule has 0 N–H and O–H groups in total. The van der Waals surface area contributed by atoms with Gasteiger partial charge in [0.15, 0.2) is 0 Å². The monoisotopic (exact) mass is 48.1 g/mol. The van der Waals surface area contributed by atoms with Gasteiger partial charge < -0.3 is 1.43 Å². The van der Waals surface area contributed by atoms with Gasteiger partial charge in [0.05, 0.1) is 0 Å². The Kier molecular flexibility index (Phi) is 24.4. The van der Waals surface area contributed by atoms with Crippen molar-refractivity contribution in [1.82, 2.24) is 0 Å². The normalized spacial score (nSPS) is 2.00. The summed E-state index contributed by atoms with van der Waals surface area (Å²) < 4.78 is 0. The van der Waals surface area contributed by atoms with Gasteiger partial charge in [-0.25, -0.2) is 0 Å². The van der Waals surface area contributed by atoms with E-state index in [1.807, 2.05) is 0 Å². The molecule has 0 heterocycles. The van der Waals surface area contributed by atoms with Crippen molar-refractivity contribution >= 4 is 0 Å². The van der Waals surface area contributed by atoms with E-state index >= 15 is 0 Å². The van der Waals surface area contributed by atoms with Crippen molar-refractivity contribution in [1.29, 1.82) is 0 Å². The predicted octanol–water partition coefficient (Wildman–Crippen LogP) is -2.24. The molecule has 0 unspecified atom stereocenters. The average Bonchev–Trinajstić information content (AvgIpc) is 0.918. The van der Waals surface area contributed by atoms with E-state index in [2.05, 4.69) is 12.3 Å². The molecule has 0 aliphatic carbocycles. The van der Waals surface area contributed by atoms with Crippen LogP contribution in [0, 0.1) is 12.3 Å². The molecular weight excluding hydrogens is 43.0 g/mol. The summed E-state index contributed by atoms with van der Waals surface area (Å²) in [6.07, 6.45) is 4.60. The van der Waals surface area contributed by atoms with Gasteiger partial charge in [0.2, 0.25) is 0 Å². The summed E-state index contributed by atoms with van der Waals surface area (Å²) in [7, 11) is 0. The zero-order valence-corrected chi connectivity index (χ0v) is 3.08. The van der Waals surface area contributed by atoms with Crippen molar-refractivity contribution in [3.05, 3.63) is 0 Å². The molecule has 0 rings (SSSR count). The molecule has 0 radical (unpaired) electrons. The maximum absolute atomic E-state index is 4.60. The van der Waals surface area contributed by atoms with Gasteiger partial charge in [-0.1, -0.05) is 0 Å². The Balaban J connectivity index is -0.0000000200. The van der Waals surface area contributed by atoms with Gasteiger partial charge in [0.25, 0.3) is 0 Å². The topological polar surface area (TPSA) is 0 Å². The molecular formula is C3H5Li. The van der Waals surface area contributed by atoms with Gasteiger partial charge in [-0.15, -0.1) is 12.3 Å². The Morgan fingerprint density at radius 2 is 2.00 bits per heavy atom. The first-order valence-electron chi connectivity index (χ1n) is 0.789. The standard InChI is InChI=1S/C3H4.Li.H/c1-3-2;;/h1H,2H3;;/q;+1;-1. The van der Waals surface area contributed by atoms with Crippen molar-refractivity contribution in [2.75, 3.05) is 0 Å². The van der Waals surface area contributed by atoms with Crippen LogP contribution >= 0.6 is 0 Å². The van der Waals surface area contributed by atoms with Crippen molar-refractivity contribution in [2.45, 2.75) is 6.92 Å². The fraction of sp³-hybridized carbons (Fsp3) is 0.333. The Labute approximate surface area is 40.3 Å². The molecule has 0 amide bonds. The summed E-state index contributed by atoms with van der Waals surface area (Å²) in [6, 6.07) is 0. The Hall–Kier alpha value is 0.157. The average molecular weight is 48.0 g/mol. The third-order valence-corrected chi connectivity index (χ3v) is 0. The van der Waals surface area contributed by atoms with E-state index in [9.17, 15) is 0 Å². The fourth-order valence-electron chi connectivity index (χ4n) is 0. The maximum Gasteiger partial charge on any atom is 1.00 e. The van der Waals surface area contributed by atoms with E-state index in [0.29, 0.717) is 0 Å². The predicted molar refractivity (Wildman–Crippen MR) is 15.6 cm³/mol. The summed E-state index contributed by atoms with van der Waals surface area (Å²) in [5, 5.41) is 0. The van der Waals surface area contributed by atoms with Crippen LogP contribution in [0.2, 0.25) is 0 Å². The summed E-state index contributed by atoms with van der Waals surface area (Å²) >= 11 is 0. The van der Waals surface area contributed by atoms with Gasteiger partial charge in [-0.05, 0) is 6.92 Å². The van der Waals surface area contributed by atoms with Crippen LogP contribution in [-0.2, 0) is 0 Å².